The van der Waals surface area contributed by atoms with Gasteiger partial charge in [0.1, 0.15) is 23.4 Å². The van der Waals surface area contributed by atoms with Gasteiger partial charge in [0, 0.05) is 25.0 Å². The first-order chi connectivity index (χ1) is 15.9. The average Bonchev–Trinajstić information content (AvgIpc) is 2.79. The second-order valence-electron chi connectivity index (χ2n) is 10.1. The molecule has 2 aromatic rings. The van der Waals surface area contributed by atoms with Gasteiger partial charge in [-0.05, 0) is 42.7 Å². The highest BCUT2D eigenvalue weighted by Crippen LogP contribution is 2.45. The standard InChI is InChI=1S/C23H36N5O5P/c1-23(2,3)20(24)22(29)25-13-16(34(30,31)32)12-15-8-10-28(11-9-15)21-17-6-5-7-18(33-4)19(17)26-14-27-21/h5-7,14-16,20H,8-13,24H2,1-4H3,(H,25,29)(H2,30,31,32). The van der Waals surface area contributed by atoms with Crippen molar-refractivity contribution in [1.29, 1.82) is 0 Å². The number of methoxy groups -OCH3 is 1. The van der Waals surface area contributed by atoms with E-state index in [1.807, 2.05) is 39.0 Å². The molecule has 1 aromatic heterocycles. The fourth-order valence-corrected chi connectivity index (χ4v) is 5.19. The summed E-state index contributed by atoms with van der Waals surface area (Å²) in [5, 5.41) is 3.56. The number of aromatic nitrogens is 2. The number of fused-ring (bicyclic) bond motifs is 1. The number of piperidine rings is 1. The molecule has 11 heteroatoms. The maximum Gasteiger partial charge on any atom is 0.330 e. The molecule has 0 bridgehead atoms. The van der Waals surface area contributed by atoms with Crippen LogP contribution in [0.2, 0.25) is 0 Å². The molecule has 5 N–H and O–H groups in total. The lowest BCUT2D eigenvalue weighted by Crippen LogP contribution is -2.50. The lowest BCUT2D eigenvalue weighted by atomic mass is 9.87. The summed E-state index contributed by atoms with van der Waals surface area (Å²) in [5.41, 5.74) is 5.34. The van der Waals surface area contributed by atoms with Gasteiger partial charge in [0.25, 0.3) is 0 Å². The minimum Gasteiger partial charge on any atom is -0.494 e. The number of nitrogens with zero attached hydrogens (tertiary/aromatic N) is 3. The molecule has 3 rings (SSSR count). The Bertz CT molecular complexity index is 1050. The van der Waals surface area contributed by atoms with E-state index in [9.17, 15) is 19.1 Å². The predicted octanol–water partition coefficient (Wildman–Crippen LogP) is 2.28. The molecule has 2 atom stereocenters. The largest absolute Gasteiger partial charge is 0.494 e. The molecule has 188 valence electrons. The molecular formula is C23H36N5O5P. The smallest absolute Gasteiger partial charge is 0.330 e. The van der Waals surface area contributed by atoms with E-state index in [2.05, 4.69) is 20.2 Å². The third-order valence-electron chi connectivity index (χ3n) is 6.55. The first kappa shape index (κ1) is 26.3. The number of nitrogens with one attached hydrogen (secondary N) is 1. The van der Waals surface area contributed by atoms with Gasteiger partial charge in [-0.3, -0.25) is 9.36 Å². The van der Waals surface area contributed by atoms with Crippen LogP contribution in [0.15, 0.2) is 24.5 Å². The van der Waals surface area contributed by atoms with Crippen LogP contribution in [0.1, 0.15) is 40.0 Å². The minimum absolute atomic E-state index is 0.0938. The summed E-state index contributed by atoms with van der Waals surface area (Å²) in [5.74, 6) is 1.25. The van der Waals surface area contributed by atoms with Crippen LogP contribution in [0.5, 0.6) is 5.75 Å². The Hall–Kier alpha value is -2.26. The molecule has 1 aromatic carbocycles. The van der Waals surface area contributed by atoms with E-state index in [-0.39, 0.29) is 12.5 Å². The Morgan fingerprint density at radius 2 is 1.97 bits per heavy atom. The molecule has 0 saturated carbocycles. The topological polar surface area (TPSA) is 151 Å². The Morgan fingerprint density at radius 1 is 1.29 bits per heavy atom. The van der Waals surface area contributed by atoms with Gasteiger partial charge in [0.15, 0.2) is 0 Å². The van der Waals surface area contributed by atoms with E-state index < -0.39 is 30.6 Å². The highest BCUT2D eigenvalue weighted by molar-refractivity contribution is 7.52. The van der Waals surface area contributed by atoms with E-state index in [4.69, 9.17) is 10.5 Å². The van der Waals surface area contributed by atoms with Gasteiger partial charge in [-0.1, -0.05) is 26.8 Å². The van der Waals surface area contributed by atoms with Crippen LogP contribution < -0.4 is 20.7 Å². The Kier molecular flexibility index (Phi) is 8.18. The zero-order chi connectivity index (χ0) is 25.1. The van der Waals surface area contributed by atoms with Crippen LogP contribution >= 0.6 is 7.60 Å². The number of rotatable bonds is 8. The Morgan fingerprint density at radius 3 is 2.56 bits per heavy atom. The number of carbonyl (C=O) groups excluding carboxylic acids is 1. The fraction of sp³-hybridized carbons (Fsp3) is 0.609. The summed E-state index contributed by atoms with van der Waals surface area (Å²) in [6, 6.07) is 4.98. The molecule has 2 unspecified atom stereocenters. The van der Waals surface area contributed by atoms with Gasteiger partial charge < -0.3 is 30.5 Å². The second-order valence-corrected chi connectivity index (χ2v) is 12.0. The number of hydrogen-bond donors (Lipinski definition) is 4. The SMILES string of the molecule is COc1cccc2c(N3CCC(CC(CNC(=O)C(N)C(C)(C)C)P(=O)(O)O)CC3)ncnc12. The summed E-state index contributed by atoms with van der Waals surface area (Å²) in [6.45, 7) is 6.88. The second kappa shape index (κ2) is 10.6. The van der Waals surface area contributed by atoms with Gasteiger partial charge in [-0.15, -0.1) is 0 Å². The molecule has 0 radical (unpaired) electrons. The van der Waals surface area contributed by atoms with Gasteiger partial charge in [-0.25, -0.2) is 9.97 Å². The maximum atomic E-state index is 12.3. The lowest BCUT2D eigenvalue weighted by molar-refractivity contribution is -0.124. The van der Waals surface area contributed by atoms with Crippen LogP contribution in [-0.2, 0) is 9.36 Å². The summed E-state index contributed by atoms with van der Waals surface area (Å²) in [6.07, 6.45) is 3.39. The zero-order valence-corrected chi connectivity index (χ0v) is 21.2. The van der Waals surface area contributed by atoms with E-state index >= 15 is 0 Å². The van der Waals surface area contributed by atoms with Crippen molar-refractivity contribution in [2.24, 2.45) is 17.1 Å². The van der Waals surface area contributed by atoms with Gasteiger partial charge in [0.05, 0.1) is 18.8 Å². The van der Waals surface area contributed by atoms with Crippen LogP contribution in [0, 0.1) is 11.3 Å². The fourth-order valence-electron chi connectivity index (χ4n) is 4.29. The first-order valence-electron chi connectivity index (χ1n) is 11.5. The van der Waals surface area contributed by atoms with Crippen molar-refractivity contribution in [3.63, 3.8) is 0 Å². The maximum absolute atomic E-state index is 12.3. The summed E-state index contributed by atoms with van der Waals surface area (Å²) >= 11 is 0. The van der Waals surface area contributed by atoms with Crippen molar-refractivity contribution in [3.05, 3.63) is 24.5 Å². The van der Waals surface area contributed by atoms with Crippen molar-refractivity contribution in [1.82, 2.24) is 15.3 Å². The summed E-state index contributed by atoms with van der Waals surface area (Å²) in [4.78, 5) is 43.2. The molecule has 1 aliphatic rings. The highest BCUT2D eigenvalue weighted by Gasteiger charge is 2.35. The van der Waals surface area contributed by atoms with Gasteiger partial charge in [0.2, 0.25) is 5.91 Å². The molecule has 2 heterocycles. The van der Waals surface area contributed by atoms with Crippen molar-refractivity contribution >= 4 is 30.2 Å². The highest BCUT2D eigenvalue weighted by atomic mass is 31.2. The molecule has 0 spiro atoms. The molecular weight excluding hydrogens is 457 g/mol. The Labute approximate surface area is 200 Å². The third-order valence-corrected chi connectivity index (χ3v) is 7.89. The van der Waals surface area contributed by atoms with E-state index in [1.54, 1.807) is 7.11 Å². The van der Waals surface area contributed by atoms with Gasteiger partial charge in [-0.2, -0.15) is 0 Å². The number of carbonyl (C=O) groups is 1. The minimum atomic E-state index is -4.39. The van der Waals surface area contributed by atoms with Crippen molar-refractivity contribution < 1.29 is 23.9 Å². The normalized spacial score (nSPS) is 17.4. The number of hydrogen-bond acceptors (Lipinski definition) is 7. The van der Waals surface area contributed by atoms with E-state index in [1.165, 1.54) is 6.33 Å². The van der Waals surface area contributed by atoms with Crippen LogP contribution in [0.4, 0.5) is 5.82 Å². The molecule has 1 aliphatic heterocycles. The molecule has 34 heavy (non-hydrogen) atoms. The van der Waals surface area contributed by atoms with Crippen LogP contribution in [0.25, 0.3) is 10.9 Å². The number of amides is 1. The Balaban J connectivity index is 1.63. The quantitative estimate of drug-likeness (QED) is 0.406. The lowest BCUT2D eigenvalue weighted by Gasteiger charge is -2.35. The van der Waals surface area contributed by atoms with Crippen molar-refractivity contribution in [2.45, 2.75) is 51.7 Å². The third kappa shape index (κ3) is 6.24. The van der Waals surface area contributed by atoms with Crippen molar-refractivity contribution in [2.75, 3.05) is 31.6 Å². The van der Waals surface area contributed by atoms with E-state index in [0.29, 0.717) is 25.3 Å². The summed E-state index contributed by atoms with van der Waals surface area (Å²) < 4.78 is 17.6. The van der Waals surface area contributed by atoms with Gasteiger partial charge >= 0.3 is 7.60 Å². The molecule has 1 amide bonds. The number of para-hydroxylation sites is 1. The van der Waals surface area contributed by atoms with E-state index in [0.717, 1.165) is 29.6 Å². The number of nitrogens with two attached hydrogens (primary N) is 1. The zero-order valence-electron chi connectivity index (χ0n) is 20.3. The first-order valence-corrected chi connectivity index (χ1v) is 13.2. The molecule has 1 saturated heterocycles. The van der Waals surface area contributed by atoms with Crippen molar-refractivity contribution in [3.8, 4) is 5.75 Å². The predicted molar refractivity (Wildman–Crippen MR) is 132 cm³/mol. The summed E-state index contributed by atoms with van der Waals surface area (Å²) in [7, 11) is -2.78. The number of benzene rings is 1. The average molecular weight is 494 g/mol. The number of ether oxygens (including phenoxy) is 1. The van der Waals surface area contributed by atoms with Crippen LogP contribution in [-0.4, -0.2) is 64.1 Å². The van der Waals surface area contributed by atoms with Crippen LogP contribution in [0.3, 0.4) is 0 Å². The molecule has 1 fully saturated rings. The molecule has 10 nitrogen and oxygen atoms in total. The monoisotopic (exact) mass is 493 g/mol. The molecule has 0 aliphatic carbocycles. The number of anilines is 1.